The Morgan fingerprint density at radius 3 is 1.67 bits per heavy atom. The summed E-state index contributed by atoms with van der Waals surface area (Å²) < 4.78 is 9.10. The van der Waals surface area contributed by atoms with Gasteiger partial charge in [0.15, 0.2) is 0 Å². The Morgan fingerprint density at radius 1 is 1.50 bits per heavy atom. The van der Waals surface area contributed by atoms with Gasteiger partial charge in [0.05, 0.1) is 0 Å². The molecular formula is CHO4P-2. The van der Waals surface area contributed by atoms with Crippen LogP contribution in [0.4, 0.5) is 0 Å². The molecular weight excluding hydrogens is 107 g/mol. The molecule has 0 aliphatic rings. The van der Waals surface area contributed by atoms with Gasteiger partial charge in [-0.05, 0) is 7.60 Å². The number of carbonyl (C=O) groups is 1. The van der Waals surface area contributed by atoms with Gasteiger partial charge in [0.2, 0.25) is 0 Å². The van der Waals surface area contributed by atoms with Crippen LogP contribution in [0.15, 0.2) is 0 Å². The standard InChI is InChI=1S/CH3O4P/c2-1-6(3,4)5/h1H,(H2,3,4,5)/p-2. The van der Waals surface area contributed by atoms with Gasteiger partial charge in [-0.2, -0.15) is 0 Å². The zero-order chi connectivity index (χ0) is 5.21. The molecule has 0 aliphatic heterocycles. The molecule has 0 aliphatic carbocycles. The lowest BCUT2D eigenvalue weighted by molar-refractivity contribution is -0.306. The molecule has 0 atom stereocenters. The summed E-state index contributed by atoms with van der Waals surface area (Å²) in [5, 5.41) is 0. The van der Waals surface area contributed by atoms with Crippen LogP contribution in [-0.2, 0) is 9.36 Å². The van der Waals surface area contributed by atoms with Crippen LogP contribution in [0.2, 0.25) is 0 Å². The third-order valence-electron chi connectivity index (χ3n) is 0.129. The highest BCUT2D eigenvalue weighted by atomic mass is 31.2. The van der Waals surface area contributed by atoms with Gasteiger partial charge >= 0.3 is 0 Å². The molecule has 0 heterocycles. The fraction of sp³-hybridized carbons (Fsp3) is 0. The predicted octanol–water partition coefficient (Wildman–Crippen LogP) is -1.91. The quantitative estimate of drug-likeness (QED) is 0.290. The fourth-order valence-electron chi connectivity index (χ4n) is 0. The molecule has 4 nitrogen and oxygen atoms in total. The van der Waals surface area contributed by atoms with Gasteiger partial charge in [0.1, 0.15) is 6.03 Å². The summed E-state index contributed by atoms with van der Waals surface area (Å²) >= 11 is 0. The normalized spacial score (nSPS) is 11.0. The van der Waals surface area contributed by atoms with Crippen molar-refractivity contribution in [1.29, 1.82) is 0 Å². The molecule has 0 saturated carbocycles. The van der Waals surface area contributed by atoms with Crippen molar-refractivity contribution in [1.82, 2.24) is 0 Å². The van der Waals surface area contributed by atoms with Crippen LogP contribution in [0, 0.1) is 0 Å². The van der Waals surface area contributed by atoms with E-state index >= 15 is 0 Å². The van der Waals surface area contributed by atoms with Gasteiger partial charge < -0.3 is 14.4 Å². The minimum atomic E-state index is -4.83. The molecule has 36 valence electrons. The summed E-state index contributed by atoms with van der Waals surface area (Å²) in [5.41, 5.74) is 0. The van der Waals surface area contributed by atoms with Crippen molar-refractivity contribution in [3.63, 3.8) is 0 Å². The molecule has 0 aromatic rings. The Balaban J connectivity index is 3.81. The van der Waals surface area contributed by atoms with E-state index in [9.17, 15) is 0 Å². The lowest BCUT2D eigenvalue weighted by Gasteiger charge is -2.19. The van der Waals surface area contributed by atoms with E-state index in [1.54, 1.807) is 0 Å². The van der Waals surface area contributed by atoms with Crippen LogP contribution < -0.4 is 9.79 Å². The maximum absolute atomic E-state index is 9.10. The highest BCUT2D eigenvalue weighted by molar-refractivity contribution is 7.64. The van der Waals surface area contributed by atoms with Gasteiger partial charge in [-0.25, -0.2) is 0 Å². The number of rotatable bonds is 1. The SMILES string of the molecule is O=CP(=O)([O-])[O-]. The van der Waals surface area contributed by atoms with Gasteiger partial charge in [-0.15, -0.1) is 0 Å². The van der Waals surface area contributed by atoms with Crippen molar-refractivity contribution in [2.24, 2.45) is 0 Å². The van der Waals surface area contributed by atoms with E-state index in [1.807, 2.05) is 0 Å². The highest BCUT2D eigenvalue weighted by Gasteiger charge is 1.75. The van der Waals surface area contributed by atoms with Gasteiger partial charge in [-0.1, -0.05) is 0 Å². The summed E-state index contributed by atoms with van der Waals surface area (Å²) in [6, 6.07) is -0.618. The van der Waals surface area contributed by atoms with Crippen molar-refractivity contribution in [3.05, 3.63) is 0 Å². The monoisotopic (exact) mass is 108 g/mol. The number of hydrogen-bond acceptors (Lipinski definition) is 4. The molecule has 0 spiro atoms. The third-order valence-corrected chi connectivity index (χ3v) is 0.387. The second-order valence-electron chi connectivity index (χ2n) is 0.645. The molecule has 0 rings (SSSR count). The first-order chi connectivity index (χ1) is 2.56. The molecule has 0 aromatic carbocycles. The van der Waals surface area contributed by atoms with Crippen LogP contribution in [0.3, 0.4) is 0 Å². The second-order valence-corrected chi connectivity index (χ2v) is 1.94. The molecule has 0 aromatic heterocycles. The maximum Gasteiger partial charge on any atom is 0.150 e. The molecule has 0 N–H and O–H groups in total. The minimum absolute atomic E-state index is 0.618. The zero-order valence-corrected chi connectivity index (χ0v) is 3.55. The molecule has 0 bridgehead atoms. The number of carbonyl (C=O) groups excluding carboxylic acids is 1. The average molecular weight is 108 g/mol. The average Bonchev–Trinajstić information content (AvgIpc) is 1.35. The van der Waals surface area contributed by atoms with Crippen LogP contribution in [0.5, 0.6) is 0 Å². The molecule has 5 heteroatoms. The molecule has 0 amide bonds. The minimum Gasteiger partial charge on any atom is -0.806 e. The van der Waals surface area contributed by atoms with Crippen LogP contribution in [0.1, 0.15) is 0 Å². The topological polar surface area (TPSA) is 80.3 Å². The maximum atomic E-state index is 9.10. The van der Waals surface area contributed by atoms with Crippen LogP contribution in [-0.4, -0.2) is 6.03 Å². The molecule has 0 radical (unpaired) electrons. The summed E-state index contributed by atoms with van der Waals surface area (Å²) in [5.74, 6) is 0. The van der Waals surface area contributed by atoms with Crippen molar-refractivity contribution in [2.45, 2.75) is 0 Å². The van der Waals surface area contributed by atoms with E-state index in [0.29, 0.717) is 0 Å². The van der Waals surface area contributed by atoms with Crippen molar-refractivity contribution in [2.75, 3.05) is 0 Å². The van der Waals surface area contributed by atoms with Gasteiger partial charge in [0, 0.05) is 0 Å². The molecule has 0 unspecified atom stereocenters. The molecule has 0 fully saturated rings. The Bertz CT molecular complexity index is 89.7. The van der Waals surface area contributed by atoms with E-state index in [-0.39, 0.29) is 0 Å². The predicted molar refractivity (Wildman–Crippen MR) is 14.4 cm³/mol. The lowest BCUT2D eigenvalue weighted by Crippen LogP contribution is -2.13. The molecule has 6 heavy (non-hydrogen) atoms. The number of hydrogen-bond donors (Lipinski definition) is 0. The first kappa shape index (κ1) is 5.82. The van der Waals surface area contributed by atoms with Crippen LogP contribution >= 0.6 is 7.60 Å². The third kappa shape index (κ3) is 3.82. The smallest absolute Gasteiger partial charge is 0.150 e. The summed E-state index contributed by atoms with van der Waals surface area (Å²) in [6.45, 7) is 0. The summed E-state index contributed by atoms with van der Waals surface area (Å²) in [7, 11) is -4.83. The largest absolute Gasteiger partial charge is 0.806 e. The highest BCUT2D eigenvalue weighted by Crippen LogP contribution is 2.14. The van der Waals surface area contributed by atoms with Crippen molar-refractivity contribution in [3.8, 4) is 0 Å². The van der Waals surface area contributed by atoms with Gasteiger partial charge in [0.25, 0.3) is 0 Å². The Morgan fingerprint density at radius 2 is 1.67 bits per heavy atom. The first-order valence-corrected chi connectivity index (χ1v) is 2.65. The van der Waals surface area contributed by atoms with Crippen molar-refractivity contribution < 1.29 is 19.1 Å². The first-order valence-electron chi connectivity index (χ1n) is 1.04. The Kier molecular flexibility index (Phi) is 1.47. The van der Waals surface area contributed by atoms with E-state index in [2.05, 4.69) is 0 Å². The summed E-state index contributed by atoms with van der Waals surface area (Å²) in [4.78, 5) is 27.1. The van der Waals surface area contributed by atoms with Crippen LogP contribution in [0.25, 0.3) is 0 Å². The summed E-state index contributed by atoms with van der Waals surface area (Å²) in [6.07, 6.45) is 0. The lowest BCUT2D eigenvalue weighted by atomic mass is 11.8. The Hall–Kier alpha value is -0.180. The fourth-order valence-corrected chi connectivity index (χ4v) is 0. The second kappa shape index (κ2) is 1.51. The molecule has 0 saturated heterocycles. The Labute approximate surface area is 34.0 Å². The van der Waals surface area contributed by atoms with E-state index < -0.39 is 13.6 Å². The van der Waals surface area contributed by atoms with E-state index in [0.717, 1.165) is 0 Å². The van der Waals surface area contributed by atoms with E-state index in [1.165, 1.54) is 0 Å². The van der Waals surface area contributed by atoms with E-state index in [4.69, 9.17) is 19.1 Å². The van der Waals surface area contributed by atoms with Gasteiger partial charge in [-0.3, -0.25) is 4.79 Å². The van der Waals surface area contributed by atoms with Crippen molar-refractivity contribution >= 4 is 13.6 Å². The zero-order valence-electron chi connectivity index (χ0n) is 2.66.